The van der Waals surface area contributed by atoms with E-state index in [-0.39, 0.29) is 5.91 Å². The Labute approximate surface area is 163 Å². The van der Waals surface area contributed by atoms with Gasteiger partial charge in [0.05, 0.1) is 23.5 Å². The summed E-state index contributed by atoms with van der Waals surface area (Å²) in [5.41, 5.74) is 3.92. The Kier molecular flexibility index (Phi) is 4.76. The van der Waals surface area contributed by atoms with Crippen molar-refractivity contribution in [3.05, 3.63) is 90.1 Å². The highest BCUT2D eigenvalue weighted by Crippen LogP contribution is 2.28. The van der Waals surface area contributed by atoms with Crippen LogP contribution >= 0.6 is 0 Å². The molecule has 4 aromatic rings. The fourth-order valence-electron chi connectivity index (χ4n) is 3.25. The molecule has 1 N–H and O–H groups in total. The van der Waals surface area contributed by atoms with Gasteiger partial charge in [0.2, 0.25) is 0 Å². The van der Waals surface area contributed by atoms with Crippen LogP contribution in [0.2, 0.25) is 0 Å². The summed E-state index contributed by atoms with van der Waals surface area (Å²) in [5, 5.41) is 4.80. The second-order valence-electron chi connectivity index (χ2n) is 6.62. The fraction of sp³-hybridized carbons (Fsp3) is 0.136. The van der Waals surface area contributed by atoms with Crippen LogP contribution in [0.1, 0.15) is 21.9 Å². The van der Waals surface area contributed by atoms with Crippen molar-refractivity contribution in [1.29, 1.82) is 0 Å². The molecule has 0 radical (unpaired) electrons. The summed E-state index contributed by atoms with van der Waals surface area (Å²) in [5.74, 6) is 0.653. The van der Waals surface area contributed by atoms with Crippen LogP contribution in [0.4, 0.5) is 0 Å². The van der Waals surface area contributed by atoms with Gasteiger partial charge in [-0.2, -0.15) is 5.10 Å². The van der Waals surface area contributed by atoms with Crippen LogP contribution in [-0.4, -0.2) is 37.6 Å². The lowest BCUT2D eigenvalue weighted by molar-refractivity contribution is 0.0782. The van der Waals surface area contributed by atoms with E-state index >= 15 is 0 Å². The lowest BCUT2D eigenvalue weighted by Crippen LogP contribution is -2.27. The molecule has 2 aromatic carbocycles. The van der Waals surface area contributed by atoms with E-state index in [2.05, 4.69) is 9.97 Å². The molecule has 0 aliphatic heterocycles. The summed E-state index contributed by atoms with van der Waals surface area (Å²) in [6.45, 7) is 2.33. The molecule has 0 aliphatic rings. The molecule has 2 heterocycles. The maximum atomic E-state index is 13.4. The van der Waals surface area contributed by atoms with Crippen molar-refractivity contribution in [2.24, 2.45) is 0 Å². The summed E-state index contributed by atoms with van der Waals surface area (Å²) in [6.07, 6.45) is 3.43. The molecule has 28 heavy (non-hydrogen) atoms. The number of hydrogen-bond donors (Lipinski definition) is 1. The minimum atomic E-state index is -0.0880. The molecule has 1 amide bonds. The first-order valence-electron chi connectivity index (χ1n) is 9.09. The molecule has 0 spiro atoms. The average molecular weight is 371 g/mol. The van der Waals surface area contributed by atoms with Crippen molar-refractivity contribution in [3.8, 4) is 16.9 Å². The van der Waals surface area contributed by atoms with Crippen molar-refractivity contribution >= 4 is 5.91 Å². The fourth-order valence-corrected chi connectivity index (χ4v) is 3.25. The van der Waals surface area contributed by atoms with Gasteiger partial charge in [0.1, 0.15) is 11.5 Å². The van der Waals surface area contributed by atoms with Crippen molar-refractivity contribution in [2.45, 2.75) is 13.5 Å². The number of carbonyl (C=O) groups excluding carboxylic acids is 1. The van der Waals surface area contributed by atoms with E-state index in [9.17, 15) is 4.79 Å². The molecular formula is C22H21N5O. The number of hydrogen-bond acceptors (Lipinski definition) is 3. The van der Waals surface area contributed by atoms with Crippen LogP contribution in [0.25, 0.3) is 16.9 Å². The molecular weight excluding hydrogens is 350 g/mol. The Bertz CT molecular complexity index is 1070. The summed E-state index contributed by atoms with van der Waals surface area (Å²) in [4.78, 5) is 22.3. The first-order valence-corrected chi connectivity index (χ1v) is 9.09. The van der Waals surface area contributed by atoms with Gasteiger partial charge in [-0.05, 0) is 19.1 Å². The van der Waals surface area contributed by atoms with Gasteiger partial charge >= 0.3 is 0 Å². The molecule has 0 bridgehead atoms. The zero-order valence-corrected chi connectivity index (χ0v) is 15.8. The summed E-state index contributed by atoms with van der Waals surface area (Å²) >= 11 is 0. The Morgan fingerprint density at radius 3 is 2.39 bits per heavy atom. The average Bonchev–Trinajstić information content (AvgIpc) is 3.36. The van der Waals surface area contributed by atoms with Crippen molar-refractivity contribution in [2.75, 3.05) is 7.05 Å². The smallest absolute Gasteiger partial charge is 0.258 e. The highest BCUT2D eigenvalue weighted by molar-refractivity contribution is 6.01. The number of rotatable bonds is 5. The monoisotopic (exact) mass is 371 g/mol. The number of amides is 1. The summed E-state index contributed by atoms with van der Waals surface area (Å²) < 4.78 is 1.83. The van der Waals surface area contributed by atoms with Crippen LogP contribution < -0.4 is 0 Å². The number of nitrogens with one attached hydrogen (secondary N) is 1. The van der Waals surface area contributed by atoms with E-state index in [4.69, 9.17) is 5.10 Å². The highest BCUT2D eigenvalue weighted by Gasteiger charge is 2.25. The van der Waals surface area contributed by atoms with Crippen molar-refractivity contribution < 1.29 is 4.79 Å². The van der Waals surface area contributed by atoms with Gasteiger partial charge in [-0.3, -0.25) is 4.79 Å². The third kappa shape index (κ3) is 3.32. The molecule has 6 nitrogen and oxygen atoms in total. The number of H-pyrrole nitrogens is 1. The second-order valence-corrected chi connectivity index (χ2v) is 6.62. The predicted octanol–water partition coefficient (Wildman–Crippen LogP) is 3.84. The Morgan fingerprint density at radius 2 is 1.75 bits per heavy atom. The number of carbonyl (C=O) groups is 1. The zero-order valence-electron chi connectivity index (χ0n) is 15.8. The van der Waals surface area contributed by atoms with Crippen LogP contribution in [0.15, 0.2) is 73.1 Å². The van der Waals surface area contributed by atoms with Crippen molar-refractivity contribution in [3.63, 3.8) is 0 Å². The van der Waals surface area contributed by atoms with Gasteiger partial charge in [-0.1, -0.05) is 48.5 Å². The predicted molar refractivity (Wildman–Crippen MR) is 108 cm³/mol. The third-order valence-electron chi connectivity index (χ3n) is 4.67. The van der Waals surface area contributed by atoms with Crippen LogP contribution in [0.3, 0.4) is 0 Å². The van der Waals surface area contributed by atoms with Crippen LogP contribution in [-0.2, 0) is 6.54 Å². The van der Waals surface area contributed by atoms with Crippen LogP contribution in [0, 0.1) is 6.92 Å². The lowest BCUT2D eigenvalue weighted by atomic mass is 10.1. The summed E-state index contributed by atoms with van der Waals surface area (Å²) in [6, 6.07) is 19.6. The normalized spacial score (nSPS) is 10.8. The van der Waals surface area contributed by atoms with Gasteiger partial charge in [-0.15, -0.1) is 0 Å². The Hall–Kier alpha value is -3.67. The molecule has 0 atom stereocenters. The van der Waals surface area contributed by atoms with E-state index in [0.717, 1.165) is 22.8 Å². The quantitative estimate of drug-likeness (QED) is 0.580. The number of imidazole rings is 1. The van der Waals surface area contributed by atoms with Crippen molar-refractivity contribution in [1.82, 2.24) is 24.6 Å². The molecule has 0 fully saturated rings. The molecule has 0 saturated heterocycles. The number of benzene rings is 2. The number of nitrogens with zero attached hydrogens (tertiary/aromatic N) is 4. The minimum Gasteiger partial charge on any atom is -0.347 e. The Balaban J connectivity index is 1.80. The molecule has 0 unspecified atom stereocenters. The maximum absolute atomic E-state index is 13.4. The molecule has 6 heteroatoms. The SMILES string of the molecule is Cc1c(C(=O)N(C)Cc2ncc[nH]2)c(-c2ccccc2)nn1-c1ccccc1. The minimum absolute atomic E-state index is 0.0880. The van der Waals surface area contributed by atoms with E-state index in [0.29, 0.717) is 17.8 Å². The lowest BCUT2D eigenvalue weighted by Gasteiger charge is -2.16. The van der Waals surface area contributed by atoms with Gasteiger partial charge in [0.25, 0.3) is 5.91 Å². The van der Waals surface area contributed by atoms with Gasteiger partial charge in [0.15, 0.2) is 0 Å². The first-order chi connectivity index (χ1) is 13.6. The largest absolute Gasteiger partial charge is 0.347 e. The summed E-state index contributed by atoms with van der Waals surface area (Å²) in [7, 11) is 1.78. The topological polar surface area (TPSA) is 66.8 Å². The number of aromatic nitrogens is 4. The zero-order chi connectivity index (χ0) is 19.5. The van der Waals surface area contributed by atoms with Gasteiger partial charge < -0.3 is 9.88 Å². The second kappa shape index (κ2) is 7.52. The molecule has 4 rings (SSSR count). The molecule has 0 aliphatic carbocycles. The standard InChI is InChI=1S/C22H21N5O/c1-16-20(22(28)26(2)15-19-23-13-14-24-19)21(17-9-5-3-6-10-17)25-27(16)18-11-7-4-8-12-18/h3-14H,15H2,1-2H3,(H,23,24). The van der Waals surface area contributed by atoms with E-state index in [1.807, 2.05) is 72.3 Å². The molecule has 2 aromatic heterocycles. The molecule has 140 valence electrons. The van der Waals surface area contributed by atoms with E-state index < -0.39 is 0 Å². The molecule has 0 saturated carbocycles. The first kappa shape index (κ1) is 17.7. The van der Waals surface area contributed by atoms with Gasteiger partial charge in [0, 0.05) is 25.0 Å². The number of aromatic amines is 1. The maximum Gasteiger partial charge on any atom is 0.258 e. The highest BCUT2D eigenvalue weighted by atomic mass is 16.2. The third-order valence-corrected chi connectivity index (χ3v) is 4.67. The van der Waals surface area contributed by atoms with Crippen LogP contribution in [0.5, 0.6) is 0 Å². The van der Waals surface area contributed by atoms with Gasteiger partial charge in [-0.25, -0.2) is 9.67 Å². The van der Waals surface area contributed by atoms with E-state index in [1.165, 1.54) is 0 Å². The number of para-hydroxylation sites is 1. The Morgan fingerprint density at radius 1 is 1.07 bits per heavy atom. The van der Waals surface area contributed by atoms with E-state index in [1.54, 1.807) is 24.3 Å².